The molecular formula is C41H45F4N7O3. The van der Waals surface area contributed by atoms with E-state index in [2.05, 4.69) is 15.7 Å². The van der Waals surface area contributed by atoms with E-state index < -0.39 is 29.4 Å². The molecule has 3 aliphatic rings. The summed E-state index contributed by atoms with van der Waals surface area (Å²) in [6, 6.07) is 5.49. The summed E-state index contributed by atoms with van der Waals surface area (Å²) >= 11 is 0. The molecule has 5 heterocycles. The summed E-state index contributed by atoms with van der Waals surface area (Å²) in [5.74, 6) is 0.371. The number of aromatic hydroxyl groups is 1. The van der Waals surface area contributed by atoms with Gasteiger partial charge in [-0.3, -0.25) is 9.58 Å². The minimum Gasteiger partial charge on any atom is -0.508 e. The topological polar surface area (TPSA) is 92.0 Å². The number of hydrogen-bond donors (Lipinski definition) is 1. The number of benzene rings is 3. The van der Waals surface area contributed by atoms with E-state index in [-0.39, 0.29) is 63.6 Å². The van der Waals surface area contributed by atoms with E-state index in [0.717, 1.165) is 38.9 Å². The van der Waals surface area contributed by atoms with Crippen LogP contribution in [0, 0.1) is 35.3 Å². The number of likely N-dealkylation sites (tertiary alicyclic amines) is 2. The first kappa shape index (κ1) is 37.2. The number of nitrogens with zero attached hydrogens (tertiary/aromatic N) is 7. The van der Waals surface area contributed by atoms with Crippen LogP contribution in [0.25, 0.3) is 43.7 Å². The van der Waals surface area contributed by atoms with Crippen molar-refractivity contribution >= 4 is 38.4 Å². The number of aryl methyl sites for hydroxylation is 1. The fourth-order valence-corrected chi connectivity index (χ4v) is 9.46. The molecule has 290 valence electrons. The van der Waals surface area contributed by atoms with Gasteiger partial charge in [-0.25, -0.2) is 17.6 Å². The average Bonchev–Trinajstić information content (AvgIpc) is 3.65. The summed E-state index contributed by atoms with van der Waals surface area (Å²) in [5, 5.41) is 17.2. The summed E-state index contributed by atoms with van der Waals surface area (Å²) in [7, 11) is 5.32. The lowest BCUT2D eigenvalue weighted by Crippen LogP contribution is -2.54. The van der Waals surface area contributed by atoms with Crippen molar-refractivity contribution in [2.75, 3.05) is 65.0 Å². The number of terminal acetylenes is 1. The zero-order chi connectivity index (χ0) is 38.8. The van der Waals surface area contributed by atoms with Gasteiger partial charge in [0.1, 0.15) is 28.4 Å². The highest BCUT2D eigenvalue weighted by atomic mass is 19.3. The third kappa shape index (κ3) is 6.49. The Morgan fingerprint density at radius 2 is 1.82 bits per heavy atom. The Morgan fingerprint density at radius 1 is 1.05 bits per heavy atom. The van der Waals surface area contributed by atoms with Gasteiger partial charge in [-0.1, -0.05) is 18.9 Å². The van der Waals surface area contributed by atoms with Crippen LogP contribution in [0.1, 0.15) is 38.2 Å². The number of rotatable bonds is 10. The number of anilines is 1. The zero-order valence-electron chi connectivity index (χ0n) is 31.5. The molecule has 14 heteroatoms. The van der Waals surface area contributed by atoms with E-state index in [1.807, 2.05) is 11.9 Å². The van der Waals surface area contributed by atoms with E-state index in [1.54, 1.807) is 32.0 Å². The van der Waals surface area contributed by atoms with Gasteiger partial charge in [-0.05, 0) is 68.4 Å². The molecule has 0 saturated carbocycles. The van der Waals surface area contributed by atoms with Crippen molar-refractivity contribution in [1.29, 1.82) is 0 Å². The molecule has 1 N–H and O–H groups in total. The number of fused-ring (bicyclic) bond motifs is 6. The molecule has 0 radical (unpaired) electrons. The number of phenols is 1. The second-order valence-corrected chi connectivity index (χ2v) is 15.8. The van der Waals surface area contributed by atoms with Crippen molar-refractivity contribution in [2.45, 2.75) is 51.1 Å². The van der Waals surface area contributed by atoms with Crippen molar-refractivity contribution in [3.63, 3.8) is 0 Å². The maximum atomic E-state index is 17.8. The molecule has 2 unspecified atom stereocenters. The number of phenolic OH excluding ortho intramolecular Hbond substituents is 1. The molecule has 0 aliphatic carbocycles. The van der Waals surface area contributed by atoms with Crippen LogP contribution in [-0.2, 0) is 11.8 Å². The van der Waals surface area contributed by atoms with Gasteiger partial charge in [0, 0.05) is 92.9 Å². The number of piperazine rings is 1. The zero-order valence-corrected chi connectivity index (χ0v) is 31.5. The predicted molar refractivity (Wildman–Crippen MR) is 204 cm³/mol. The van der Waals surface area contributed by atoms with Crippen LogP contribution in [-0.4, -0.2) is 113 Å². The highest BCUT2D eigenvalue weighted by molar-refractivity contribution is 6.18. The summed E-state index contributed by atoms with van der Waals surface area (Å²) in [5.41, 5.74) is -0.693. The van der Waals surface area contributed by atoms with Gasteiger partial charge in [0.05, 0.1) is 17.6 Å². The van der Waals surface area contributed by atoms with Crippen molar-refractivity contribution in [2.24, 2.45) is 18.4 Å². The Bertz CT molecular complexity index is 2320. The van der Waals surface area contributed by atoms with Crippen LogP contribution in [0.5, 0.6) is 11.8 Å². The Hall–Kier alpha value is -4.71. The number of aromatic nitrogens is 4. The van der Waals surface area contributed by atoms with Gasteiger partial charge in [0.2, 0.25) is 6.43 Å². The standard InChI is InChI=1S/C41H45F4N7O3/c1-6-27-31(42)11-8-23-16-26(53)17-28(32(23)27)33-35(43)37-34(29-20-50(4)48-36(29)33)39(52-24-9-10-25(52)19-51(18-24)13-7-15-54-5)47-40(46-37)55-22-41(2)21-49(3)14-12-30(41)38(44)45/h1,8,11,16-17,20,24-25,30,38,53H,7,9-10,12-15,18-19,21-22H2,2-5H3/t24?,25?,30-,41+/m0/s1. The van der Waals surface area contributed by atoms with Gasteiger partial charge in [0.25, 0.3) is 0 Å². The van der Waals surface area contributed by atoms with Gasteiger partial charge in [-0.15, -0.1) is 6.42 Å². The van der Waals surface area contributed by atoms with Gasteiger partial charge >= 0.3 is 6.01 Å². The fraction of sp³-hybridized carbons (Fsp3) is 0.488. The molecule has 0 spiro atoms. The Morgan fingerprint density at radius 3 is 2.53 bits per heavy atom. The van der Waals surface area contributed by atoms with E-state index in [4.69, 9.17) is 31.0 Å². The van der Waals surface area contributed by atoms with Crippen molar-refractivity contribution in [3.8, 4) is 35.2 Å². The third-order valence-corrected chi connectivity index (χ3v) is 11.9. The molecule has 2 bridgehead atoms. The number of hydrogen-bond acceptors (Lipinski definition) is 9. The fourth-order valence-electron chi connectivity index (χ4n) is 9.46. The summed E-state index contributed by atoms with van der Waals surface area (Å²) in [4.78, 5) is 16.4. The number of ether oxygens (including phenoxy) is 2. The summed E-state index contributed by atoms with van der Waals surface area (Å²) < 4.78 is 75.0. The molecule has 4 atom stereocenters. The first-order valence-corrected chi connectivity index (χ1v) is 18.8. The summed E-state index contributed by atoms with van der Waals surface area (Å²) in [6.45, 7) is 5.70. The van der Waals surface area contributed by atoms with Crippen LogP contribution < -0.4 is 9.64 Å². The minimum atomic E-state index is -2.54. The van der Waals surface area contributed by atoms with Crippen molar-refractivity contribution in [1.82, 2.24) is 29.5 Å². The third-order valence-electron chi connectivity index (χ3n) is 11.9. The maximum absolute atomic E-state index is 17.8. The second kappa shape index (κ2) is 14.4. The van der Waals surface area contributed by atoms with E-state index >= 15 is 8.78 Å². The van der Waals surface area contributed by atoms with E-state index in [0.29, 0.717) is 48.1 Å². The molecule has 5 aromatic rings. The van der Waals surface area contributed by atoms with E-state index in [9.17, 15) is 13.9 Å². The minimum absolute atomic E-state index is 0.0220. The molecule has 55 heavy (non-hydrogen) atoms. The molecule has 10 nitrogen and oxygen atoms in total. The predicted octanol–water partition coefficient (Wildman–Crippen LogP) is 6.59. The number of piperidine rings is 1. The Kier molecular flexibility index (Phi) is 9.76. The van der Waals surface area contributed by atoms with Crippen LogP contribution in [0.3, 0.4) is 0 Å². The smallest absolute Gasteiger partial charge is 0.319 e. The molecule has 3 fully saturated rings. The molecule has 8 rings (SSSR count). The second-order valence-electron chi connectivity index (χ2n) is 15.8. The molecule has 3 aromatic carbocycles. The largest absolute Gasteiger partial charge is 0.508 e. The van der Waals surface area contributed by atoms with E-state index in [1.165, 1.54) is 24.3 Å². The van der Waals surface area contributed by atoms with Crippen LogP contribution in [0.2, 0.25) is 0 Å². The number of methoxy groups -OCH3 is 1. The Labute approximate surface area is 317 Å². The molecule has 3 aliphatic heterocycles. The highest BCUT2D eigenvalue weighted by Gasteiger charge is 2.45. The van der Waals surface area contributed by atoms with Gasteiger partial charge in [0.15, 0.2) is 5.82 Å². The molecule has 2 aromatic heterocycles. The lowest BCUT2D eigenvalue weighted by Gasteiger charge is -2.44. The highest BCUT2D eigenvalue weighted by Crippen LogP contribution is 2.47. The summed E-state index contributed by atoms with van der Waals surface area (Å²) in [6.07, 6.45) is 8.07. The number of halogens is 4. The van der Waals surface area contributed by atoms with Crippen LogP contribution >= 0.6 is 0 Å². The maximum Gasteiger partial charge on any atom is 0.319 e. The van der Waals surface area contributed by atoms with Gasteiger partial charge < -0.3 is 24.4 Å². The van der Waals surface area contributed by atoms with Gasteiger partial charge in [-0.2, -0.15) is 15.1 Å². The van der Waals surface area contributed by atoms with Crippen LogP contribution in [0.15, 0.2) is 30.5 Å². The van der Waals surface area contributed by atoms with Crippen molar-refractivity contribution < 1.29 is 32.1 Å². The lowest BCUT2D eigenvalue weighted by atomic mass is 9.73. The van der Waals surface area contributed by atoms with Crippen molar-refractivity contribution in [3.05, 3.63) is 47.7 Å². The quantitative estimate of drug-likeness (QED) is 0.0963. The normalized spacial score (nSPS) is 23.4. The first-order chi connectivity index (χ1) is 26.4. The molecule has 3 saturated heterocycles. The number of alkyl halides is 2. The monoisotopic (exact) mass is 759 g/mol. The average molecular weight is 760 g/mol. The molecule has 0 amide bonds. The first-order valence-electron chi connectivity index (χ1n) is 18.8. The Balaban J connectivity index is 1.34. The SMILES string of the molecule is C#Cc1c(F)ccc2cc(O)cc(-c3c(F)c4nc(OC[C@@]5(C)CN(C)CC[C@H]5C(F)F)nc(N5C6CCC5CN(CCCOC)C6)c4c4cn(C)nc34)c12. The lowest BCUT2D eigenvalue weighted by molar-refractivity contribution is -0.0679. The molecular weight excluding hydrogens is 714 g/mol. The van der Waals surface area contributed by atoms with Crippen LogP contribution in [0.4, 0.5) is 23.4 Å².